The summed E-state index contributed by atoms with van der Waals surface area (Å²) in [4.78, 5) is 43.3. The highest BCUT2D eigenvalue weighted by molar-refractivity contribution is 9.10. The molecule has 3 heterocycles. The molecule has 4 atom stereocenters. The molecule has 2 aliphatic heterocycles. The summed E-state index contributed by atoms with van der Waals surface area (Å²) in [5.41, 5.74) is 4.51. The van der Waals surface area contributed by atoms with Crippen LogP contribution in [-0.4, -0.2) is 52.7 Å². The fourth-order valence-corrected chi connectivity index (χ4v) is 6.22. The summed E-state index contributed by atoms with van der Waals surface area (Å²) in [5.74, 6) is -2.24. The Morgan fingerprint density at radius 1 is 1.24 bits per heavy atom. The number of pyridine rings is 1. The molecule has 2 saturated heterocycles. The molecular formula is C28H27BrN2O6. The zero-order chi connectivity index (χ0) is 26.3. The van der Waals surface area contributed by atoms with Gasteiger partial charge in [-0.05, 0) is 73.7 Å². The van der Waals surface area contributed by atoms with Crippen molar-refractivity contribution in [3.63, 3.8) is 0 Å². The standard InChI is InChI=1S/C28H27BrN2O6/c1-15-11-19-25(27(34)31(26(19)33)28(35)36-2)20-14-37-23(24(15)20)9-6-16(21-5-3-4-10-30-21)12-17-13-18(29)7-8-22(17)32/h3-5,7-8,10,12-13,19-20,23,25,32H,6,9,11,14H2,1-2H3/b16-12-/t19-,20+,23-,25-/m1/s1. The largest absolute Gasteiger partial charge is 0.507 e. The molecule has 1 N–H and O–H groups in total. The first-order chi connectivity index (χ1) is 17.8. The molecule has 1 aromatic carbocycles. The van der Waals surface area contributed by atoms with Crippen molar-refractivity contribution in [3.8, 4) is 5.75 Å². The predicted octanol–water partition coefficient (Wildman–Crippen LogP) is 4.97. The van der Waals surface area contributed by atoms with Gasteiger partial charge < -0.3 is 14.6 Å². The van der Waals surface area contributed by atoms with Crippen molar-refractivity contribution in [1.29, 1.82) is 0 Å². The molecule has 9 heteroatoms. The number of nitrogens with zero attached hydrogens (tertiary/aromatic N) is 2. The van der Waals surface area contributed by atoms with E-state index in [9.17, 15) is 19.5 Å². The zero-order valence-corrected chi connectivity index (χ0v) is 22.1. The Hall–Kier alpha value is -3.30. The van der Waals surface area contributed by atoms with Gasteiger partial charge in [0.1, 0.15) is 5.75 Å². The molecule has 37 heavy (non-hydrogen) atoms. The smallest absolute Gasteiger partial charge is 0.423 e. The topological polar surface area (TPSA) is 106 Å². The first kappa shape index (κ1) is 25.4. The molecule has 0 bridgehead atoms. The summed E-state index contributed by atoms with van der Waals surface area (Å²) in [6, 6.07) is 11.0. The third-order valence-electron chi connectivity index (χ3n) is 7.50. The Bertz CT molecular complexity index is 1320. The minimum atomic E-state index is -0.931. The lowest BCUT2D eigenvalue weighted by molar-refractivity contribution is -0.137. The number of likely N-dealkylation sites (tertiary alicyclic amines) is 1. The fourth-order valence-electron chi connectivity index (χ4n) is 5.84. The number of fused-ring (bicyclic) bond motifs is 3. The van der Waals surface area contributed by atoms with Crippen molar-refractivity contribution in [2.75, 3.05) is 13.7 Å². The SMILES string of the molecule is COC(=O)N1C(=O)[C@@H]2[C@@H](CC(C)=C3[C@@H](CC/C(=C/c4cc(Br)ccc4O)c4ccccn4)OC[C@@H]32)C1=O. The second kappa shape index (κ2) is 10.2. The number of imide groups is 3. The number of benzene rings is 1. The van der Waals surface area contributed by atoms with Crippen LogP contribution in [0.5, 0.6) is 5.75 Å². The van der Waals surface area contributed by atoms with Crippen LogP contribution >= 0.6 is 15.9 Å². The van der Waals surface area contributed by atoms with E-state index < -0.39 is 29.7 Å². The van der Waals surface area contributed by atoms with E-state index in [1.807, 2.05) is 37.3 Å². The number of carbonyl (C=O) groups excluding carboxylic acids is 3. The van der Waals surface area contributed by atoms with Crippen molar-refractivity contribution < 1.29 is 29.0 Å². The molecule has 2 aromatic rings. The quantitative estimate of drug-likeness (QED) is 0.402. The van der Waals surface area contributed by atoms with Crippen LogP contribution in [0.25, 0.3) is 11.6 Å². The molecule has 1 aromatic heterocycles. The lowest BCUT2D eigenvalue weighted by Crippen LogP contribution is -2.37. The highest BCUT2D eigenvalue weighted by Crippen LogP contribution is 2.50. The Morgan fingerprint density at radius 2 is 2.05 bits per heavy atom. The summed E-state index contributed by atoms with van der Waals surface area (Å²) in [6.07, 6.45) is 4.19. The van der Waals surface area contributed by atoms with E-state index in [1.54, 1.807) is 18.3 Å². The predicted molar refractivity (Wildman–Crippen MR) is 139 cm³/mol. The molecule has 3 amide bonds. The van der Waals surface area contributed by atoms with Gasteiger partial charge in [-0.15, -0.1) is 0 Å². The number of aromatic hydroxyl groups is 1. The van der Waals surface area contributed by atoms with Crippen molar-refractivity contribution in [1.82, 2.24) is 9.88 Å². The molecule has 1 aliphatic carbocycles. The van der Waals surface area contributed by atoms with Crippen LogP contribution in [0.15, 0.2) is 58.2 Å². The number of halogens is 1. The van der Waals surface area contributed by atoms with Crippen LogP contribution < -0.4 is 0 Å². The molecule has 0 radical (unpaired) electrons. The number of allylic oxidation sites excluding steroid dienone is 2. The molecule has 192 valence electrons. The average molecular weight is 567 g/mol. The van der Waals surface area contributed by atoms with Crippen molar-refractivity contribution in [3.05, 3.63) is 69.5 Å². The average Bonchev–Trinajstić information content (AvgIpc) is 3.42. The molecule has 3 aliphatic rings. The molecule has 0 unspecified atom stereocenters. The lowest BCUT2D eigenvalue weighted by atomic mass is 9.70. The summed E-state index contributed by atoms with van der Waals surface area (Å²) in [5, 5.41) is 10.4. The number of ether oxygens (including phenoxy) is 2. The van der Waals surface area contributed by atoms with E-state index in [1.165, 1.54) is 0 Å². The van der Waals surface area contributed by atoms with Gasteiger partial charge in [-0.2, -0.15) is 4.90 Å². The third kappa shape index (κ3) is 4.62. The number of carbonyl (C=O) groups is 3. The van der Waals surface area contributed by atoms with E-state index >= 15 is 0 Å². The van der Waals surface area contributed by atoms with Gasteiger partial charge in [-0.1, -0.05) is 27.6 Å². The van der Waals surface area contributed by atoms with Gasteiger partial charge in [0.05, 0.1) is 37.4 Å². The van der Waals surface area contributed by atoms with Gasteiger partial charge in [0.25, 0.3) is 0 Å². The van der Waals surface area contributed by atoms with Crippen molar-refractivity contribution >= 4 is 45.5 Å². The second-order valence-electron chi connectivity index (χ2n) is 9.61. The number of phenolic OH excluding ortho intramolecular Hbond substituents is 1. The molecule has 5 rings (SSSR count). The maximum Gasteiger partial charge on any atom is 0.423 e. The Kier molecular flexibility index (Phi) is 7.00. The summed E-state index contributed by atoms with van der Waals surface area (Å²) < 4.78 is 11.7. The number of rotatable bonds is 5. The van der Waals surface area contributed by atoms with Crippen LogP contribution in [0.2, 0.25) is 0 Å². The summed E-state index contributed by atoms with van der Waals surface area (Å²) in [6.45, 7) is 2.30. The van der Waals surface area contributed by atoms with Crippen LogP contribution in [0.4, 0.5) is 4.79 Å². The van der Waals surface area contributed by atoms with Gasteiger partial charge >= 0.3 is 6.09 Å². The second-order valence-corrected chi connectivity index (χ2v) is 10.5. The number of hydrogen-bond donors (Lipinski definition) is 1. The zero-order valence-electron chi connectivity index (χ0n) is 20.5. The van der Waals surface area contributed by atoms with Crippen LogP contribution in [0, 0.1) is 17.8 Å². The van der Waals surface area contributed by atoms with Gasteiger partial charge in [-0.3, -0.25) is 14.6 Å². The van der Waals surface area contributed by atoms with Gasteiger partial charge in [0.15, 0.2) is 0 Å². The van der Waals surface area contributed by atoms with E-state index in [-0.39, 0.29) is 17.8 Å². The Morgan fingerprint density at radius 3 is 2.78 bits per heavy atom. The monoisotopic (exact) mass is 566 g/mol. The lowest BCUT2D eigenvalue weighted by Gasteiger charge is -2.30. The van der Waals surface area contributed by atoms with Gasteiger partial charge in [0.2, 0.25) is 11.8 Å². The normalized spacial score (nSPS) is 25.4. The minimum Gasteiger partial charge on any atom is -0.507 e. The van der Waals surface area contributed by atoms with Crippen LogP contribution in [0.1, 0.15) is 37.4 Å². The number of amides is 3. The van der Waals surface area contributed by atoms with Gasteiger partial charge in [0, 0.05) is 22.2 Å². The first-order valence-electron chi connectivity index (χ1n) is 12.2. The molecular weight excluding hydrogens is 540 g/mol. The third-order valence-corrected chi connectivity index (χ3v) is 7.99. The van der Waals surface area contributed by atoms with E-state index in [2.05, 4.69) is 25.7 Å². The Labute approximate surface area is 223 Å². The van der Waals surface area contributed by atoms with Crippen molar-refractivity contribution in [2.24, 2.45) is 17.8 Å². The molecule has 8 nitrogen and oxygen atoms in total. The molecule has 2 fully saturated rings. The Balaban J connectivity index is 1.40. The first-order valence-corrected chi connectivity index (χ1v) is 13.0. The maximum atomic E-state index is 13.1. The minimum absolute atomic E-state index is 0.172. The molecule has 0 saturated carbocycles. The number of phenols is 1. The number of hydrogen-bond acceptors (Lipinski definition) is 7. The number of aromatic nitrogens is 1. The van der Waals surface area contributed by atoms with Crippen molar-refractivity contribution in [2.45, 2.75) is 32.3 Å². The number of methoxy groups -OCH3 is 1. The summed E-state index contributed by atoms with van der Waals surface area (Å²) in [7, 11) is 1.16. The van der Waals surface area contributed by atoms with E-state index in [4.69, 9.17) is 4.74 Å². The highest BCUT2D eigenvalue weighted by atomic mass is 79.9. The maximum absolute atomic E-state index is 13.1. The van der Waals surface area contributed by atoms with Gasteiger partial charge in [-0.25, -0.2) is 4.79 Å². The van der Waals surface area contributed by atoms with Crippen LogP contribution in [0.3, 0.4) is 0 Å². The molecule has 0 spiro atoms. The summed E-state index contributed by atoms with van der Waals surface area (Å²) >= 11 is 3.46. The van der Waals surface area contributed by atoms with E-state index in [0.717, 1.165) is 34.0 Å². The van der Waals surface area contributed by atoms with E-state index in [0.29, 0.717) is 36.3 Å². The highest BCUT2D eigenvalue weighted by Gasteiger charge is 2.58. The van der Waals surface area contributed by atoms with Crippen LogP contribution in [-0.2, 0) is 19.1 Å². The fraction of sp³-hybridized carbons (Fsp3) is 0.357.